The van der Waals surface area contributed by atoms with Crippen LogP contribution in [0.25, 0.3) is 0 Å². The monoisotopic (exact) mass is 309 g/mol. The average molecular weight is 309 g/mol. The molecule has 0 spiro atoms. The normalized spacial score (nSPS) is 11.7. The predicted octanol–water partition coefficient (Wildman–Crippen LogP) is 2.52. The molecule has 114 valence electrons. The van der Waals surface area contributed by atoms with Gasteiger partial charge in [-0.1, -0.05) is 18.2 Å². The third-order valence-corrected chi connectivity index (χ3v) is 5.52. The van der Waals surface area contributed by atoms with Crippen LogP contribution in [0.3, 0.4) is 0 Å². The molecule has 0 aliphatic rings. The van der Waals surface area contributed by atoms with Gasteiger partial charge < -0.3 is 9.52 Å². The van der Waals surface area contributed by atoms with Crippen LogP contribution in [0.2, 0.25) is 0 Å². The highest BCUT2D eigenvalue weighted by molar-refractivity contribution is 7.92. The Labute approximate surface area is 124 Å². The van der Waals surface area contributed by atoms with Crippen LogP contribution in [0.1, 0.15) is 22.6 Å². The molecule has 2 aromatic rings. The molecule has 0 aliphatic heterocycles. The Bertz CT molecular complexity index is 762. The van der Waals surface area contributed by atoms with Gasteiger partial charge in [-0.3, -0.25) is 4.31 Å². The molecular formula is C15H19NO4S. The SMILES string of the molecule is Cc1ccccc1N(C)S(=O)(=O)c1c(C)oc(C)c1CO. The Morgan fingerprint density at radius 1 is 1.14 bits per heavy atom. The summed E-state index contributed by atoms with van der Waals surface area (Å²) < 4.78 is 32.3. The number of sulfonamides is 1. The maximum Gasteiger partial charge on any atom is 0.267 e. The smallest absolute Gasteiger partial charge is 0.267 e. The lowest BCUT2D eigenvalue weighted by molar-refractivity contribution is 0.276. The summed E-state index contributed by atoms with van der Waals surface area (Å²) >= 11 is 0. The molecule has 1 heterocycles. The summed E-state index contributed by atoms with van der Waals surface area (Å²) in [6.45, 7) is 4.71. The molecule has 0 amide bonds. The van der Waals surface area contributed by atoms with Crippen molar-refractivity contribution in [2.75, 3.05) is 11.4 Å². The van der Waals surface area contributed by atoms with E-state index in [9.17, 15) is 13.5 Å². The molecule has 0 saturated carbocycles. The van der Waals surface area contributed by atoms with Crippen molar-refractivity contribution in [2.45, 2.75) is 32.3 Å². The van der Waals surface area contributed by atoms with Crippen molar-refractivity contribution >= 4 is 15.7 Å². The van der Waals surface area contributed by atoms with E-state index < -0.39 is 10.0 Å². The Morgan fingerprint density at radius 2 is 1.76 bits per heavy atom. The van der Waals surface area contributed by atoms with Gasteiger partial charge in [-0.2, -0.15) is 0 Å². The zero-order valence-corrected chi connectivity index (χ0v) is 13.4. The number of aryl methyl sites for hydroxylation is 3. The summed E-state index contributed by atoms with van der Waals surface area (Å²) in [4.78, 5) is 0.0493. The van der Waals surface area contributed by atoms with Crippen LogP contribution in [0, 0.1) is 20.8 Å². The highest BCUT2D eigenvalue weighted by atomic mass is 32.2. The highest BCUT2D eigenvalue weighted by Gasteiger charge is 2.30. The summed E-state index contributed by atoms with van der Waals surface area (Å²) in [7, 11) is -2.29. The van der Waals surface area contributed by atoms with E-state index >= 15 is 0 Å². The molecule has 0 atom stereocenters. The molecule has 1 aromatic heterocycles. The third kappa shape index (κ3) is 2.56. The minimum Gasteiger partial charge on any atom is -0.465 e. The summed E-state index contributed by atoms with van der Waals surface area (Å²) in [6, 6.07) is 7.23. The zero-order chi connectivity index (χ0) is 15.8. The summed E-state index contributed by atoms with van der Waals surface area (Å²) in [6.07, 6.45) is 0. The van der Waals surface area contributed by atoms with Crippen LogP contribution in [0.4, 0.5) is 5.69 Å². The molecule has 1 aromatic carbocycles. The minimum atomic E-state index is -3.79. The van der Waals surface area contributed by atoms with Crippen LogP contribution < -0.4 is 4.31 Å². The first kappa shape index (κ1) is 15.6. The molecule has 6 heteroatoms. The molecule has 0 saturated heterocycles. The molecule has 21 heavy (non-hydrogen) atoms. The molecule has 0 unspecified atom stereocenters. The number of rotatable bonds is 4. The van der Waals surface area contributed by atoms with Crippen molar-refractivity contribution in [3.63, 3.8) is 0 Å². The molecule has 1 N–H and O–H groups in total. The van der Waals surface area contributed by atoms with Crippen LogP contribution >= 0.6 is 0 Å². The highest BCUT2D eigenvalue weighted by Crippen LogP contribution is 2.32. The molecular weight excluding hydrogens is 290 g/mol. The molecule has 0 bridgehead atoms. The average Bonchev–Trinajstić information content (AvgIpc) is 2.73. The van der Waals surface area contributed by atoms with Gasteiger partial charge in [0.15, 0.2) is 0 Å². The standard InChI is InChI=1S/C15H19NO4S/c1-10-7-5-6-8-14(10)16(4)21(18,19)15-12(3)20-11(2)13(15)9-17/h5-8,17H,9H2,1-4H3. The van der Waals surface area contributed by atoms with E-state index in [-0.39, 0.29) is 17.3 Å². The van der Waals surface area contributed by atoms with Gasteiger partial charge in [0, 0.05) is 12.6 Å². The Morgan fingerprint density at radius 3 is 2.33 bits per heavy atom. The van der Waals surface area contributed by atoms with Gasteiger partial charge in [0.25, 0.3) is 10.0 Å². The number of benzene rings is 1. The lowest BCUT2D eigenvalue weighted by atomic mass is 10.2. The summed E-state index contributed by atoms with van der Waals surface area (Å²) in [5, 5.41) is 9.44. The molecule has 0 fully saturated rings. The molecule has 2 rings (SSSR count). The van der Waals surface area contributed by atoms with E-state index in [0.717, 1.165) is 5.56 Å². The number of anilines is 1. The van der Waals surface area contributed by atoms with Gasteiger partial charge >= 0.3 is 0 Å². The second-order valence-corrected chi connectivity index (χ2v) is 6.85. The van der Waals surface area contributed by atoms with Gasteiger partial charge in [-0.15, -0.1) is 0 Å². The number of hydrogen-bond acceptors (Lipinski definition) is 4. The van der Waals surface area contributed by atoms with E-state index in [1.165, 1.54) is 11.4 Å². The van der Waals surface area contributed by atoms with Gasteiger partial charge in [0.2, 0.25) is 0 Å². The van der Waals surface area contributed by atoms with E-state index in [1.807, 2.05) is 19.1 Å². The molecule has 0 radical (unpaired) electrons. The Hall–Kier alpha value is -1.79. The fourth-order valence-electron chi connectivity index (χ4n) is 2.41. The number of hydrogen-bond donors (Lipinski definition) is 1. The second-order valence-electron chi connectivity index (χ2n) is 4.94. The minimum absolute atomic E-state index is 0.0493. The number of nitrogens with zero attached hydrogens (tertiary/aromatic N) is 1. The second kappa shape index (κ2) is 5.54. The topological polar surface area (TPSA) is 70.8 Å². The van der Waals surface area contributed by atoms with E-state index in [1.54, 1.807) is 26.0 Å². The number of aliphatic hydroxyl groups is 1. The van der Waals surface area contributed by atoms with Crippen molar-refractivity contribution in [1.29, 1.82) is 0 Å². The van der Waals surface area contributed by atoms with Crippen LogP contribution in [-0.4, -0.2) is 20.6 Å². The van der Waals surface area contributed by atoms with Gasteiger partial charge in [-0.05, 0) is 32.4 Å². The zero-order valence-electron chi connectivity index (χ0n) is 12.5. The Balaban J connectivity index is 2.61. The van der Waals surface area contributed by atoms with Gasteiger partial charge in [0.05, 0.1) is 12.3 Å². The van der Waals surface area contributed by atoms with E-state index in [4.69, 9.17) is 4.42 Å². The van der Waals surface area contributed by atoms with Crippen LogP contribution in [0.15, 0.2) is 33.6 Å². The van der Waals surface area contributed by atoms with Crippen molar-refractivity contribution in [2.24, 2.45) is 0 Å². The lowest BCUT2D eigenvalue weighted by Crippen LogP contribution is -2.28. The van der Waals surface area contributed by atoms with Crippen molar-refractivity contribution in [3.8, 4) is 0 Å². The third-order valence-electron chi connectivity index (χ3n) is 3.56. The van der Waals surface area contributed by atoms with Crippen molar-refractivity contribution < 1.29 is 17.9 Å². The maximum atomic E-state index is 12.9. The number of furan rings is 1. The number of aliphatic hydroxyl groups excluding tert-OH is 1. The van der Waals surface area contributed by atoms with Crippen molar-refractivity contribution in [3.05, 3.63) is 46.9 Å². The fourth-order valence-corrected chi connectivity index (χ4v) is 4.08. The van der Waals surface area contributed by atoms with E-state index in [0.29, 0.717) is 17.0 Å². The van der Waals surface area contributed by atoms with Crippen LogP contribution in [-0.2, 0) is 16.6 Å². The summed E-state index contributed by atoms with van der Waals surface area (Å²) in [5.74, 6) is 0.712. The predicted molar refractivity (Wildman–Crippen MR) is 80.9 cm³/mol. The lowest BCUT2D eigenvalue weighted by Gasteiger charge is -2.21. The first-order valence-corrected chi connectivity index (χ1v) is 7.99. The van der Waals surface area contributed by atoms with Gasteiger partial charge in [0.1, 0.15) is 16.4 Å². The van der Waals surface area contributed by atoms with E-state index in [2.05, 4.69) is 0 Å². The maximum absolute atomic E-state index is 12.9. The summed E-state index contributed by atoms with van der Waals surface area (Å²) in [5.41, 5.74) is 1.76. The van der Waals surface area contributed by atoms with Crippen molar-refractivity contribution in [1.82, 2.24) is 0 Å². The first-order chi connectivity index (χ1) is 9.80. The fraction of sp³-hybridized carbons (Fsp3) is 0.333. The largest absolute Gasteiger partial charge is 0.465 e. The van der Waals surface area contributed by atoms with Crippen LogP contribution in [0.5, 0.6) is 0 Å². The molecule has 5 nitrogen and oxygen atoms in total. The molecule has 0 aliphatic carbocycles. The first-order valence-electron chi connectivity index (χ1n) is 6.55. The quantitative estimate of drug-likeness (QED) is 0.942. The number of para-hydroxylation sites is 1. The Kier molecular flexibility index (Phi) is 4.11. The van der Waals surface area contributed by atoms with Gasteiger partial charge in [-0.25, -0.2) is 8.42 Å².